The van der Waals surface area contributed by atoms with Crippen LogP contribution in [0.3, 0.4) is 0 Å². The number of hydrogen-bond acceptors (Lipinski definition) is 6. The van der Waals surface area contributed by atoms with Gasteiger partial charge in [-0.3, -0.25) is 9.88 Å². The minimum atomic E-state index is -0.954. The molecule has 0 radical (unpaired) electrons. The lowest BCUT2D eigenvalue weighted by molar-refractivity contribution is -0.0591. The van der Waals surface area contributed by atoms with Crippen LogP contribution in [0.4, 0.5) is 4.39 Å². The molecule has 0 spiro atoms. The van der Waals surface area contributed by atoms with E-state index in [2.05, 4.69) is 20.5 Å². The third-order valence-electron chi connectivity index (χ3n) is 7.38. The fourth-order valence-corrected chi connectivity index (χ4v) is 5.18. The molecule has 0 bridgehead atoms. The summed E-state index contributed by atoms with van der Waals surface area (Å²) in [6, 6.07) is 13.3. The Morgan fingerprint density at radius 1 is 1.20 bits per heavy atom. The molecule has 40 heavy (non-hydrogen) atoms. The topological polar surface area (TPSA) is 89.7 Å². The van der Waals surface area contributed by atoms with Gasteiger partial charge in [0.2, 0.25) is 0 Å². The van der Waals surface area contributed by atoms with Crippen molar-refractivity contribution in [2.75, 3.05) is 19.7 Å². The molecule has 0 aliphatic carbocycles. The smallest absolute Gasteiger partial charge is 0.335 e. The van der Waals surface area contributed by atoms with Gasteiger partial charge >= 0.3 is 5.97 Å². The van der Waals surface area contributed by atoms with Gasteiger partial charge in [-0.05, 0) is 54.8 Å². The highest BCUT2D eigenvalue weighted by atomic mass is 35.5. The molecule has 0 saturated carbocycles. The Morgan fingerprint density at radius 3 is 2.80 bits per heavy atom. The molecule has 4 heterocycles. The summed E-state index contributed by atoms with van der Waals surface area (Å²) >= 11 is 5.84. The molecule has 0 amide bonds. The van der Waals surface area contributed by atoms with E-state index in [1.165, 1.54) is 6.07 Å². The van der Waals surface area contributed by atoms with E-state index < -0.39 is 11.8 Å². The average Bonchev–Trinajstić information content (AvgIpc) is 3.26. The number of nitrogens with zero attached hydrogens (tertiary/aromatic N) is 4. The van der Waals surface area contributed by atoms with Crippen LogP contribution in [-0.4, -0.2) is 56.3 Å². The first-order valence-electron chi connectivity index (χ1n) is 13.2. The predicted molar refractivity (Wildman–Crippen MR) is 149 cm³/mol. The normalized spacial score (nSPS) is 17.4. The zero-order valence-corrected chi connectivity index (χ0v) is 22.5. The Morgan fingerprint density at radius 2 is 2.08 bits per heavy atom. The summed E-state index contributed by atoms with van der Waals surface area (Å²) in [5, 5.41) is 9.83. The summed E-state index contributed by atoms with van der Waals surface area (Å²) in [6.07, 6.45) is 5.77. The number of fused-ring (bicyclic) bond motifs is 1. The number of aromatic carboxylic acids is 1. The number of carboxylic acid groups (broad SMARTS) is 1. The lowest BCUT2D eigenvalue weighted by Crippen LogP contribution is -2.33. The highest BCUT2D eigenvalue weighted by Gasteiger charge is 2.24. The molecule has 8 nitrogen and oxygen atoms in total. The van der Waals surface area contributed by atoms with Gasteiger partial charge in [-0.15, -0.1) is 0 Å². The van der Waals surface area contributed by atoms with Crippen molar-refractivity contribution in [3.63, 3.8) is 0 Å². The van der Waals surface area contributed by atoms with Crippen molar-refractivity contribution in [3.05, 3.63) is 94.3 Å². The number of carboxylic acids is 1. The largest absolute Gasteiger partial charge is 0.489 e. The van der Waals surface area contributed by atoms with Crippen LogP contribution in [0.15, 0.2) is 60.8 Å². The maximum Gasteiger partial charge on any atom is 0.335 e. The minimum Gasteiger partial charge on any atom is -0.489 e. The molecule has 10 heteroatoms. The van der Waals surface area contributed by atoms with E-state index in [0.717, 1.165) is 60.7 Å². The summed E-state index contributed by atoms with van der Waals surface area (Å²) in [5.41, 5.74) is 4.25. The highest BCUT2D eigenvalue weighted by molar-refractivity contribution is 6.30. The fraction of sp³-hybridized carbons (Fsp3) is 0.300. The summed E-state index contributed by atoms with van der Waals surface area (Å²) < 4.78 is 27.7. The van der Waals surface area contributed by atoms with Crippen LogP contribution in [0, 0.1) is 5.82 Å². The number of imidazole rings is 1. The number of carbonyl (C=O) groups is 1. The van der Waals surface area contributed by atoms with Crippen molar-refractivity contribution in [2.45, 2.75) is 38.6 Å². The zero-order valence-electron chi connectivity index (χ0n) is 21.7. The Kier molecular flexibility index (Phi) is 7.51. The first kappa shape index (κ1) is 26.4. The standard InChI is InChI=1S/C30H28ClFN4O4/c31-22-3-1-21(25(32)14-22)18-40-23-5-9-33-27(15-23)19-6-10-35(11-7-19)17-29-34-26-4-2-20(30(37)38)13-28(26)36(29)16-24-8-12-39-24/h1-6,9,13-15,24H,7-8,10-12,16-18H2,(H,37,38)/t24-/m0/s1. The molecule has 1 N–H and O–H groups in total. The number of halogens is 2. The van der Waals surface area contributed by atoms with Crippen LogP contribution < -0.4 is 4.74 Å². The summed E-state index contributed by atoms with van der Waals surface area (Å²) in [5.74, 6) is 0.168. The number of ether oxygens (including phenoxy) is 2. The molecule has 1 saturated heterocycles. The summed E-state index contributed by atoms with van der Waals surface area (Å²) in [7, 11) is 0. The number of hydrogen-bond donors (Lipinski definition) is 1. The van der Waals surface area contributed by atoms with Gasteiger partial charge in [0.05, 0.1) is 41.5 Å². The van der Waals surface area contributed by atoms with Crippen LogP contribution in [-0.2, 0) is 24.4 Å². The maximum absolute atomic E-state index is 14.1. The van der Waals surface area contributed by atoms with Gasteiger partial charge in [-0.1, -0.05) is 23.7 Å². The summed E-state index contributed by atoms with van der Waals surface area (Å²) in [6.45, 7) is 3.68. The number of pyridine rings is 1. The Hall–Kier alpha value is -3.79. The molecule has 4 aromatic rings. The van der Waals surface area contributed by atoms with E-state index in [4.69, 9.17) is 26.1 Å². The van der Waals surface area contributed by atoms with Gasteiger partial charge in [-0.25, -0.2) is 14.2 Å². The minimum absolute atomic E-state index is 0.0974. The van der Waals surface area contributed by atoms with E-state index in [1.54, 1.807) is 42.6 Å². The molecular weight excluding hydrogens is 535 g/mol. The van der Waals surface area contributed by atoms with E-state index >= 15 is 0 Å². The molecule has 2 aromatic heterocycles. The van der Waals surface area contributed by atoms with Gasteiger partial charge in [0.25, 0.3) is 0 Å². The van der Waals surface area contributed by atoms with Crippen molar-refractivity contribution in [3.8, 4) is 5.75 Å². The molecule has 6 rings (SSSR count). The summed E-state index contributed by atoms with van der Waals surface area (Å²) in [4.78, 5) is 23.3. The second kappa shape index (κ2) is 11.4. The quantitative estimate of drug-likeness (QED) is 0.285. The van der Waals surface area contributed by atoms with Crippen molar-refractivity contribution in [1.82, 2.24) is 19.4 Å². The Bertz CT molecular complexity index is 1600. The van der Waals surface area contributed by atoms with Gasteiger partial charge in [0.1, 0.15) is 24.0 Å². The monoisotopic (exact) mass is 562 g/mol. The second-order valence-corrected chi connectivity index (χ2v) is 10.5. The van der Waals surface area contributed by atoms with Gasteiger partial charge in [-0.2, -0.15) is 0 Å². The molecule has 2 aliphatic rings. The Balaban J connectivity index is 1.15. The average molecular weight is 563 g/mol. The molecule has 1 atom stereocenters. The van der Waals surface area contributed by atoms with Gasteiger partial charge < -0.3 is 19.1 Å². The molecule has 1 fully saturated rings. The first-order chi connectivity index (χ1) is 19.4. The number of rotatable bonds is 9. The van der Waals surface area contributed by atoms with Crippen LogP contribution in [0.2, 0.25) is 5.02 Å². The number of aromatic nitrogens is 3. The van der Waals surface area contributed by atoms with E-state index in [0.29, 0.717) is 29.4 Å². The van der Waals surface area contributed by atoms with Crippen LogP contribution in [0.25, 0.3) is 16.6 Å². The third kappa shape index (κ3) is 5.72. The lowest BCUT2D eigenvalue weighted by atomic mass is 10.0. The molecule has 2 aromatic carbocycles. The van der Waals surface area contributed by atoms with Crippen LogP contribution in [0.1, 0.15) is 40.3 Å². The van der Waals surface area contributed by atoms with Crippen molar-refractivity contribution < 1.29 is 23.8 Å². The highest BCUT2D eigenvalue weighted by Crippen LogP contribution is 2.27. The fourth-order valence-electron chi connectivity index (χ4n) is 5.03. The first-order valence-corrected chi connectivity index (χ1v) is 13.6. The SMILES string of the molecule is O=C(O)c1ccc2nc(CN3CC=C(c4cc(OCc5ccc(Cl)cc5F)ccn4)CC3)n(C[C@@H]3CCO3)c2c1. The van der Waals surface area contributed by atoms with Crippen LogP contribution in [0.5, 0.6) is 5.75 Å². The van der Waals surface area contributed by atoms with E-state index in [-0.39, 0.29) is 18.3 Å². The second-order valence-electron chi connectivity index (χ2n) is 10.0. The van der Waals surface area contributed by atoms with Gasteiger partial charge in [0.15, 0.2) is 0 Å². The number of benzene rings is 2. The van der Waals surface area contributed by atoms with E-state index in [1.807, 2.05) is 6.07 Å². The van der Waals surface area contributed by atoms with Gasteiger partial charge in [0, 0.05) is 42.5 Å². The molecular formula is C30H28ClFN4O4. The third-order valence-corrected chi connectivity index (χ3v) is 7.62. The van der Waals surface area contributed by atoms with Crippen molar-refractivity contribution >= 4 is 34.2 Å². The van der Waals surface area contributed by atoms with Crippen LogP contribution >= 0.6 is 11.6 Å². The zero-order chi connectivity index (χ0) is 27.6. The van der Waals surface area contributed by atoms with E-state index in [9.17, 15) is 14.3 Å². The predicted octanol–water partition coefficient (Wildman–Crippen LogP) is 5.58. The molecule has 0 unspecified atom stereocenters. The molecule has 2 aliphatic heterocycles. The van der Waals surface area contributed by atoms with Crippen molar-refractivity contribution in [1.29, 1.82) is 0 Å². The molecule has 206 valence electrons. The lowest BCUT2D eigenvalue weighted by Gasteiger charge is -2.29. The maximum atomic E-state index is 14.1. The Labute approximate surface area is 235 Å². The van der Waals surface area contributed by atoms with Crippen molar-refractivity contribution in [2.24, 2.45) is 0 Å².